The number of benzene rings is 2. The van der Waals surface area contributed by atoms with Crippen LogP contribution < -0.4 is 0 Å². The third kappa shape index (κ3) is 5.09. The number of hydrogen-bond acceptors (Lipinski definition) is 2. The number of hydrogen-bond donors (Lipinski definition) is 0. The lowest BCUT2D eigenvalue weighted by Crippen LogP contribution is -1.90. The molecule has 4 heteroatoms. The Morgan fingerprint density at radius 1 is 1.00 bits per heavy atom. The van der Waals surface area contributed by atoms with Gasteiger partial charge in [0.15, 0.2) is 0 Å². The van der Waals surface area contributed by atoms with Crippen LogP contribution in [-0.2, 0) is 6.42 Å². The molecular weight excluding hydrogens is 324 g/mol. The molecule has 0 saturated heterocycles. The van der Waals surface area contributed by atoms with E-state index in [1.165, 1.54) is 18.4 Å². The molecule has 0 aromatic heterocycles. The second-order valence-electron chi connectivity index (χ2n) is 5.39. The van der Waals surface area contributed by atoms with E-state index in [1.54, 1.807) is 0 Å². The van der Waals surface area contributed by atoms with Gasteiger partial charge in [-0.25, -0.2) is 8.78 Å². The van der Waals surface area contributed by atoms with Gasteiger partial charge in [0, 0.05) is 17.7 Å². The van der Waals surface area contributed by atoms with Gasteiger partial charge in [0.1, 0.15) is 11.6 Å². The quantitative estimate of drug-likeness (QED) is 0.288. The molecule has 0 aliphatic rings. The van der Waals surface area contributed by atoms with Gasteiger partial charge in [0.05, 0.1) is 16.4 Å². The first-order chi connectivity index (χ1) is 11.6. The summed E-state index contributed by atoms with van der Waals surface area (Å²) in [4.78, 5) is 3.56. The zero-order valence-electron chi connectivity index (χ0n) is 13.4. The average Bonchev–Trinajstić information content (AvgIpc) is 2.56. The van der Waals surface area contributed by atoms with Crippen molar-refractivity contribution in [1.82, 2.24) is 0 Å². The van der Waals surface area contributed by atoms with E-state index < -0.39 is 11.6 Å². The molecule has 24 heavy (non-hydrogen) atoms. The fraction of sp³-hybridized carbons (Fsp3) is 0.250. The van der Waals surface area contributed by atoms with Crippen LogP contribution in [0.15, 0.2) is 41.4 Å². The number of thiocarbonyl (C=S) groups is 1. The highest BCUT2D eigenvalue weighted by Gasteiger charge is 2.08. The molecule has 0 fully saturated rings. The van der Waals surface area contributed by atoms with E-state index in [0.717, 1.165) is 25.0 Å². The Balaban J connectivity index is 2.16. The van der Waals surface area contributed by atoms with Crippen LogP contribution in [0.1, 0.15) is 42.9 Å². The SMILES string of the molecule is CCCCCc1ccc(C#Cc2c(F)cc(N=C=S)cc2F)cc1. The summed E-state index contributed by atoms with van der Waals surface area (Å²) >= 11 is 4.42. The molecule has 0 heterocycles. The summed E-state index contributed by atoms with van der Waals surface area (Å²) in [6.45, 7) is 2.17. The normalized spacial score (nSPS) is 9.79. The zero-order chi connectivity index (χ0) is 17.4. The molecule has 2 aromatic carbocycles. The molecule has 0 amide bonds. The van der Waals surface area contributed by atoms with E-state index in [4.69, 9.17) is 0 Å². The van der Waals surface area contributed by atoms with Crippen LogP contribution in [-0.4, -0.2) is 5.16 Å². The molecule has 0 radical (unpaired) electrons. The van der Waals surface area contributed by atoms with Crippen LogP contribution in [0, 0.1) is 23.5 Å². The van der Waals surface area contributed by atoms with Gasteiger partial charge in [-0.1, -0.05) is 43.7 Å². The van der Waals surface area contributed by atoms with Crippen molar-refractivity contribution < 1.29 is 8.78 Å². The molecule has 0 aliphatic heterocycles. The lowest BCUT2D eigenvalue weighted by molar-refractivity contribution is 0.578. The lowest BCUT2D eigenvalue weighted by atomic mass is 10.1. The zero-order valence-corrected chi connectivity index (χ0v) is 14.2. The Bertz CT molecular complexity index is 787. The summed E-state index contributed by atoms with van der Waals surface area (Å²) in [5.41, 5.74) is 1.77. The molecule has 0 N–H and O–H groups in total. The monoisotopic (exact) mass is 341 g/mol. The van der Waals surface area contributed by atoms with Gasteiger partial charge in [-0.3, -0.25) is 0 Å². The largest absolute Gasteiger partial charge is 0.205 e. The number of unbranched alkanes of at least 4 members (excludes halogenated alkanes) is 2. The van der Waals surface area contributed by atoms with Crippen LogP contribution in [0.5, 0.6) is 0 Å². The Kier molecular flexibility index (Phi) is 6.81. The van der Waals surface area contributed by atoms with Gasteiger partial charge in [-0.05, 0) is 42.8 Å². The number of nitrogens with zero attached hydrogens (tertiary/aromatic N) is 1. The molecule has 0 unspecified atom stereocenters. The van der Waals surface area contributed by atoms with Gasteiger partial charge >= 0.3 is 0 Å². The summed E-state index contributed by atoms with van der Waals surface area (Å²) in [5, 5.41) is 2.08. The Morgan fingerprint density at radius 3 is 2.25 bits per heavy atom. The smallest absolute Gasteiger partial charge is 0.143 e. The Hall–Kier alpha value is -2.34. The first-order valence-electron chi connectivity index (χ1n) is 7.82. The summed E-state index contributed by atoms with van der Waals surface area (Å²) in [5.74, 6) is 3.82. The van der Waals surface area contributed by atoms with E-state index >= 15 is 0 Å². The maximum Gasteiger partial charge on any atom is 0.143 e. The minimum Gasteiger partial charge on any atom is -0.205 e. The maximum absolute atomic E-state index is 13.9. The molecule has 0 bridgehead atoms. The predicted octanol–water partition coefficient (Wildman–Crippen LogP) is 5.83. The average molecular weight is 341 g/mol. The highest BCUT2D eigenvalue weighted by molar-refractivity contribution is 7.78. The number of halogens is 2. The highest BCUT2D eigenvalue weighted by atomic mass is 32.1. The molecule has 0 saturated carbocycles. The van der Waals surface area contributed by atoms with Crippen molar-refractivity contribution in [1.29, 1.82) is 0 Å². The first kappa shape index (κ1) is 18.0. The van der Waals surface area contributed by atoms with Crippen molar-refractivity contribution in [2.24, 2.45) is 4.99 Å². The first-order valence-corrected chi connectivity index (χ1v) is 8.22. The summed E-state index contributed by atoms with van der Waals surface area (Å²) in [6, 6.07) is 9.92. The third-order valence-corrected chi connectivity index (χ3v) is 3.65. The molecule has 1 nitrogen and oxygen atoms in total. The lowest BCUT2D eigenvalue weighted by Gasteiger charge is -2.01. The number of rotatable bonds is 5. The standard InChI is InChI=1S/C20H17F2NS/c1-2-3-4-5-15-6-8-16(9-7-15)10-11-18-19(21)12-17(23-14-24)13-20(18)22/h6-9,12-13H,2-5H2,1H3. The molecule has 0 aliphatic carbocycles. The number of aryl methyl sites for hydroxylation is 1. The molecule has 122 valence electrons. The van der Waals surface area contributed by atoms with Crippen LogP contribution in [0.25, 0.3) is 0 Å². The number of aliphatic imine (C=N–C) groups is 1. The van der Waals surface area contributed by atoms with Crippen molar-refractivity contribution in [3.05, 3.63) is 64.7 Å². The van der Waals surface area contributed by atoms with E-state index in [9.17, 15) is 8.78 Å². The molecule has 0 atom stereocenters. The molecule has 0 spiro atoms. The minimum atomic E-state index is -0.761. The Labute approximate surface area is 146 Å². The van der Waals surface area contributed by atoms with Crippen molar-refractivity contribution in [3.8, 4) is 11.8 Å². The minimum absolute atomic E-state index is 0.0852. The predicted molar refractivity (Wildman–Crippen MR) is 96.7 cm³/mol. The molecule has 2 rings (SSSR count). The van der Waals surface area contributed by atoms with E-state index in [-0.39, 0.29) is 11.3 Å². The van der Waals surface area contributed by atoms with E-state index in [0.29, 0.717) is 5.56 Å². The second-order valence-corrected chi connectivity index (χ2v) is 5.57. The van der Waals surface area contributed by atoms with Crippen LogP contribution >= 0.6 is 12.2 Å². The number of isothiocyanates is 1. The van der Waals surface area contributed by atoms with Crippen molar-refractivity contribution in [2.75, 3.05) is 0 Å². The van der Waals surface area contributed by atoms with Gasteiger partial charge in [0.2, 0.25) is 0 Å². The van der Waals surface area contributed by atoms with Crippen molar-refractivity contribution in [2.45, 2.75) is 32.6 Å². The Morgan fingerprint density at radius 2 is 1.67 bits per heavy atom. The fourth-order valence-electron chi connectivity index (χ4n) is 2.26. The summed E-state index contributed by atoms with van der Waals surface area (Å²) in [7, 11) is 0. The maximum atomic E-state index is 13.9. The van der Waals surface area contributed by atoms with Crippen LogP contribution in [0.2, 0.25) is 0 Å². The fourth-order valence-corrected chi connectivity index (χ4v) is 2.37. The highest BCUT2D eigenvalue weighted by Crippen LogP contribution is 2.20. The van der Waals surface area contributed by atoms with Crippen molar-refractivity contribution >= 4 is 23.1 Å². The van der Waals surface area contributed by atoms with Crippen LogP contribution in [0.3, 0.4) is 0 Å². The van der Waals surface area contributed by atoms with E-state index in [2.05, 4.69) is 41.1 Å². The summed E-state index contributed by atoms with van der Waals surface area (Å²) < 4.78 is 27.8. The van der Waals surface area contributed by atoms with E-state index in [1.807, 2.05) is 24.3 Å². The second kappa shape index (κ2) is 9.08. The van der Waals surface area contributed by atoms with Gasteiger partial charge in [-0.2, -0.15) is 4.99 Å². The molecule has 2 aromatic rings. The van der Waals surface area contributed by atoms with Gasteiger partial charge in [-0.15, -0.1) is 0 Å². The summed E-state index contributed by atoms with van der Waals surface area (Å²) in [6.07, 6.45) is 4.60. The van der Waals surface area contributed by atoms with Crippen LogP contribution in [0.4, 0.5) is 14.5 Å². The van der Waals surface area contributed by atoms with Crippen molar-refractivity contribution in [3.63, 3.8) is 0 Å². The van der Waals surface area contributed by atoms with Gasteiger partial charge in [0.25, 0.3) is 0 Å². The van der Waals surface area contributed by atoms with Gasteiger partial charge < -0.3 is 0 Å². The topological polar surface area (TPSA) is 12.4 Å². The molecular formula is C20H17F2NS. The third-order valence-electron chi connectivity index (χ3n) is 3.56.